The molecule has 0 N–H and O–H groups in total. The largest absolute Gasteiger partial charge is 0.378 e. The summed E-state index contributed by atoms with van der Waals surface area (Å²) in [5.74, 6) is 0.705. The number of hydrogen-bond donors (Lipinski definition) is 0. The monoisotopic (exact) mass is 364 g/mol. The third kappa shape index (κ3) is 2.55. The summed E-state index contributed by atoms with van der Waals surface area (Å²) in [5, 5.41) is 1.60. The van der Waals surface area contributed by atoms with E-state index in [-0.39, 0.29) is 0 Å². The number of nitrogens with zero attached hydrogens (tertiary/aromatic N) is 4. The first-order valence-electron chi connectivity index (χ1n) is 8.72. The van der Waals surface area contributed by atoms with Gasteiger partial charge in [-0.05, 0) is 11.6 Å². The van der Waals surface area contributed by atoms with Crippen LogP contribution in [0.25, 0.3) is 22.2 Å². The van der Waals surface area contributed by atoms with Crippen LogP contribution in [0.1, 0.15) is 11.1 Å². The van der Waals surface area contributed by atoms with Gasteiger partial charge in [0.2, 0.25) is 5.95 Å². The third-order valence-electron chi connectivity index (χ3n) is 4.89. The maximum Gasteiger partial charge on any atom is 0.226 e. The Bertz CT molecular complexity index is 1030. The van der Waals surface area contributed by atoms with Gasteiger partial charge in [0.05, 0.1) is 36.0 Å². The Morgan fingerprint density at radius 1 is 1.00 bits per heavy atom. The molecular weight excluding hydrogens is 348 g/mol. The van der Waals surface area contributed by atoms with Gasteiger partial charge in [-0.3, -0.25) is 4.99 Å². The molecule has 3 aromatic rings. The van der Waals surface area contributed by atoms with Crippen LogP contribution < -0.4 is 4.90 Å². The van der Waals surface area contributed by atoms with Gasteiger partial charge >= 0.3 is 0 Å². The van der Waals surface area contributed by atoms with E-state index >= 15 is 0 Å². The molecule has 0 bridgehead atoms. The molecule has 26 heavy (non-hydrogen) atoms. The minimum absolute atomic E-state index is 0.641. The molecule has 3 heterocycles. The van der Waals surface area contributed by atoms with Crippen LogP contribution >= 0.6 is 11.6 Å². The van der Waals surface area contributed by atoms with Crippen LogP contribution in [0.5, 0.6) is 0 Å². The zero-order valence-electron chi connectivity index (χ0n) is 14.2. The minimum Gasteiger partial charge on any atom is -0.378 e. The SMILES string of the molecule is Clc1cccc2c(-c3cccc4c3C=NC4)nc(N3CCOCC3)nc12. The van der Waals surface area contributed by atoms with Crippen molar-refractivity contribution >= 4 is 34.7 Å². The van der Waals surface area contributed by atoms with E-state index in [2.05, 4.69) is 28.1 Å². The summed E-state index contributed by atoms with van der Waals surface area (Å²) in [6.07, 6.45) is 1.94. The number of fused-ring (bicyclic) bond motifs is 2. The number of rotatable bonds is 2. The molecule has 1 aromatic heterocycles. The summed E-state index contributed by atoms with van der Waals surface area (Å²) in [5.41, 5.74) is 5.13. The number of aliphatic imine (C=N–C) groups is 1. The predicted octanol–water partition coefficient (Wildman–Crippen LogP) is 3.72. The van der Waals surface area contributed by atoms with Crippen molar-refractivity contribution in [1.82, 2.24) is 9.97 Å². The van der Waals surface area contributed by atoms with Crippen molar-refractivity contribution in [2.45, 2.75) is 6.54 Å². The smallest absolute Gasteiger partial charge is 0.226 e. The fourth-order valence-corrected chi connectivity index (χ4v) is 3.78. The van der Waals surface area contributed by atoms with Crippen molar-refractivity contribution in [2.75, 3.05) is 31.2 Å². The summed E-state index contributed by atoms with van der Waals surface area (Å²) in [7, 11) is 0. The molecule has 6 heteroatoms. The Hall–Kier alpha value is -2.50. The fraction of sp³-hybridized carbons (Fsp3) is 0.250. The third-order valence-corrected chi connectivity index (χ3v) is 5.20. The van der Waals surface area contributed by atoms with Gasteiger partial charge in [-0.15, -0.1) is 0 Å². The molecule has 0 unspecified atom stereocenters. The van der Waals surface area contributed by atoms with Crippen LogP contribution in [0.2, 0.25) is 5.02 Å². The van der Waals surface area contributed by atoms with Crippen molar-refractivity contribution in [3.8, 4) is 11.3 Å². The van der Waals surface area contributed by atoms with Crippen molar-refractivity contribution in [3.63, 3.8) is 0 Å². The Morgan fingerprint density at radius 2 is 1.85 bits per heavy atom. The second-order valence-electron chi connectivity index (χ2n) is 6.46. The molecule has 0 amide bonds. The Morgan fingerprint density at radius 3 is 2.73 bits per heavy atom. The van der Waals surface area contributed by atoms with Gasteiger partial charge in [0, 0.05) is 35.8 Å². The second-order valence-corrected chi connectivity index (χ2v) is 6.86. The maximum absolute atomic E-state index is 6.48. The van der Waals surface area contributed by atoms with Crippen LogP contribution in [0.3, 0.4) is 0 Å². The molecule has 0 saturated carbocycles. The van der Waals surface area contributed by atoms with E-state index in [9.17, 15) is 0 Å². The number of hydrogen-bond acceptors (Lipinski definition) is 5. The zero-order valence-corrected chi connectivity index (χ0v) is 14.9. The molecule has 1 fully saturated rings. The van der Waals surface area contributed by atoms with Crippen LogP contribution in [0, 0.1) is 0 Å². The number of anilines is 1. The van der Waals surface area contributed by atoms with Gasteiger partial charge in [-0.1, -0.05) is 41.9 Å². The summed E-state index contributed by atoms with van der Waals surface area (Å²) in [6.45, 7) is 3.66. The van der Waals surface area contributed by atoms with E-state index < -0.39 is 0 Å². The molecule has 0 atom stereocenters. The molecule has 2 aromatic carbocycles. The molecule has 0 aliphatic carbocycles. The zero-order chi connectivity index (χ0) is 17.5. The molecule has 2 aliphatic heterocycles. The number of para-hydroxylation sites is 1. The topological polar surface area (TPSA) is 50.6 Å². The van der Waals surface area contributed by atoms with Crippen molar-refractivity contribution in [3.05, 3.63) is 52.5 Å². The van der Waals surface area contributed by atoms with E-state index in [1.54, 1.807) is 0 Å². The first-order valence-corrected chi connectivity index (χ1v) is 9.10. The van der Waals surface area contributed by atoms with Crippen LogP contribution in [0.15, 0.2) is 41.4 Å². The number of benzene rings is 2. The van der Waals surface area contributed by atoms with E-state index in [1.165, 1.54) is 5.56 Å². The lowest BCUT2D eigenvalue weighted by atomic mass is 9.98. The highest BCUT2D eigenvalue weighted by Gasteiger charge is 2.21. The average Bonchev–Trinajstić information content (AvgIpc) is 3.17. The standard InChI is InChI=1S/C20H17ClN4O/c21-17-6-2-5-15-18(14-4-1-3-13-11-22-12-16(13)14)23-20(24-19(15)17)25-7-9-26-10-8-25/h1-6,12H,7-11H2. The highest BCUT2D eigenvalue weighted by molar-refractivity contribution is 6.35. The normalized spacial score (nSPS) is 16.3. The van der Waals surface area contributed by atoms with E-state index in [4.69, 9.17) is 26.3 Å². The lowest BCUT2D eigenvalue weighted by Gasteiger charge is -2.27. The van der Waals surface area contributed by atoms with Gasteiger partial charge in [0.15, 0.2) is 0 Å². The number of halogens is 1. The van der Waals surface area contributed by atoms with E-state index in [0.717, 1.165) is 47.4 Å². The van der Waals surface area contributed by atoms with Crippen LogP contribution in [-0.4, -0.2) is 42.5 Å². The van der Waals surface area contributed by atoms with Gasteiger partial charge in [-0.2, -0.15) is 0 Å². The molecule has 5 rings (SSSR count). The predicted molar refractivity (Wildman–Crippen MR) is 104 cm³/mol. The summed E-state index contributed by atoms with van der Waals surface area (Å²) >= 11 is 6.48. The van der Waals surface area contributed by atoms with Gasteiger partial charge in [-0.25, -0.2) is 9.97 Å². The summed E-state index contributed by atoms with van der Waals surface area (Å²) in [6, 6.07) is 12.1. The highest BCUT2D eigenvalue weighted by atomic mass is 35.5. The summed E-state index contributed by atoms with van der Waals surface area (Å²) < 4.78 is 5.47. The number of aromatic nitrogens is 2. The molecular formula is C20H17ClN4O. The average molecular weight is 365 g/mol. The Kier molecular flexibility index (Phi) is 3.84. The minimum atomic E-state index is 0.641. The number of ether oxygens (including phenoxy) is 1. The van der Waals surface area contributed by atoms with Crippen molar-refractivity contribution in [2.24, 2.45) is 4.99 Å². The van der Waals surface area contributed by atoms with E-state index in [0.29, 0.717) is 24.2 Å². The molecule has 2 aliphatic rings. The lowest BCUT2D eigenvalue weighted by Crippen LogP contribution is -2.37. The van der Waals surface area contributed by atoms with E-state index in [1.807, 2.05) is 24.4 Å². The molecule has 5 nitrogen and oxygen atoms in total. The molecule has 0 spiro atoms. The number of morpholine rings is 1. The Balaban J connectivity index is 1.77. The second kappa shape index (κ2) is 6.34. The first kappa shape index (κ1) is 15.7. The van der Waals surface area contributed by atoms with Crippen LogP contribution in [0.4, 0.5) is 5.95 Å². The van der Waals surface area contributed by atoms with Crippen molar-refractivity contribution in [1.29, 1.82) is 0 Å². The maximum atomic E-state index is 6.48. The molecule has 130 valence electrons. The summed E-state index contributed by atoms with van der Waals surface area (Å²) in [4.78, 5) is 16.3. The van der Waals surface area contributed by atoms with Gasteiger partial charge in [0.25, 0.3) is 0 Å². The van der Waals surface area contributed by atoms with Crippen molar-refractivity contribution < 1.29 is 4.74 Å². The van der Waals surface area contributed by atoms with Gasteiger partial charge < -0.3 is 9.64 Å². The first-order chi connectivity index (χ1) is 12.8. The van der Waals surface area contributed by atoms with Gasteiger partial charge in [0.1, 0.15) is 0 Å². The highest BCUT2D eigenvalue weighted by Crippen LogP contribution is 2.35. The quantitative estimate of drug-likeness (QED) is 0.695. The Labute approximate surface area is 156 Å². The fourth-order valence-electron chi connectivity index (χ4n) is 3.56. The molecule has 0 radical (unpaired) electrons. The lowest BCUT2D eigenvalue weighted by molar-refractivity contribution is 0.122. The van der Waals surface area contributed by atoms with Crippen LogP contribution in [-0.2, 0) is 11.3 Å². The molecule has 1 saturated heterocycles.